The zero-order valence-electron chi connectivity index (χ0n) is 10.5. The van der Waals surface area contributed by atoms with Gasteiger partial charge >= 0.3 is 6.18 Å². The van der Waals surface area contributed by atoms with E-state index in [4.69, 9.17) is 18.0 Å². The normalized spacial score (nSPS) is 11.4. The van der Waals surface area contributed by atoms with Crippen LogP contribution in [0.2, 0.25) is 0 Å². The Labute approximate surface area is 115 Å². The van der Waals surface area contributed by atoms with Gasteiger partial charge in [-0.25, -0.2) is 4.98 Å². The lowest BCUT2D eigenvalue weighted by atomic mass is 10.2. The van der Waals surface area contributed by atoms with Crippen molar-refractivity contribution in [1.82, 2.24) is 4.98 Å². The van der Waals surface area contributed by atoms with Crippen LogP contribution < -0.4 is 11.1 Å². The highest BCUT2D eigenvalue weighted by molar-refractivity contribution is 7.80. The molecule has 0 radical (unpaired) electrons. The molecule has 106 valence electrons. The Morgan fingerprint density at radius 2 is 2.05 bits per heavy atom. The Balaban J connectivity index is 2.43. The molecular formula is C12H16F3N3S. The SMILES string of the molecule is Cc1cc(C(N)=S)cc(NCCCCC(F)(F)F)n1. The number of nitrogens with two attached hydrogens (primary N) is 1. The van der Waals surface area contributed by atoms with E-state index in [1.54, 1.807) is 19.1 Å². The first-order valence-corrected chi connectivity index (χ1v) is 6.28. The van der Waals surface area contributed by atoms with Crippen molar-refractivity contribution in [3.63, 3.8) is 0 Å². The van der Waals surface area contributed by atoms with E-state index in [1.807, 2.05) is 0 Å². The molecule has 0 fully saturated rings. The molecule has 0 aliphatic rings. The van der Waals surface area contributed by atoms with E-state index in [0.29, 0.717) is 24.3 Å². The first kappa shape index (κ1) is 15.7. The minimum atomic E-state index is -4.08. The van der Waals surface area contributed by atoms with Crippen molar-refractivity contribution < 1.29 is 13.2 Å². The minimum Gasteiger partial charge on any atom is -0.389 e. The molecule has 7 heteroatoms. The number of pyridine rings is 1. The lowest BCUT2D eigenvalue weighted by molar-refractivity contribution is -0.135. The second-order valence-electron chi connectivity index (χ2n) is 4.25. The lowest BCUT2D eigenvalue weighted by Gasteiger charge is -2.09. The van der Waals surface area contributed by atoms with Crippen molar-refractivity contribution in [3.05, 3.63) is 23.4 Å². The van der Waals surface area contributed by atoms with Crippen molar-refractivity contribution >= 4 is 23.0 Å². The zero-order valence-corrected chi connectivity index (χ0v) is 11.4. The summed E-state index contributed by atoms with van der Waals surface area (Å²) in [5.74, 6) is 0.579. The van der Waals surface area contributed by atoms with E-state index in [9.17, 15) is 13.2 Å². The molecule has 1 aromatic heterocycles. The van der Waals surface area contributed by atoms with Crippen LogP contribution in [0.1, 0.15) is 30.5 Å². The van der Waals surface area contributed by atoms with Gasteiger partial charge in [0.15, 0.2) is 0 Å². The topological polar surface area (TPSA) is 50.9 Å². The molecule has 0 unspecified atom stereocenters. The summed E-state index contributed by atoms with van der Waals surface area (Å²) >= 11 is 4.87. The average molecular weight is 291 g/mol. The molecule has 0 aliphatic carbocycles. The molecule has 3 nitrogen and oxygen atoms in total. The van der Waals surface area contributed by atoms with Crippen molar-refractivity contribution in [2.45, 2.75) is 32.4 Å². The Kier molecular flexibility index (Phi) is 5.53. The number of rotatable bonds is 6. The number of hydrogen-bond donors (Lipinski definition) is 2. The standard InChI is InChI=1S/C12H16F3N3S/c1-8-6-9(11(16)19)7-10(18-8)17-5-3-2-4-12(13,14)15/h6-7H,2-5H2,1H3,(H2,16,19)(H,17,18). The molecular weight excluding hydrogens is 275 g/mol. The third-order valence-corrected chi connectivity index (χ3v) is 2.67. The number of halogens is 3. The summed E-state index contributed by atoms with van der Waals surface area (Å²) in [5.41, 5.74) is 6.97. The van der Waals surface area contributed by atoms with Crippen LogP contribution in [0.3, 0.4) is 0 Å². The van der Waals surface area contributed by atoms with E-state index in [-0.39, 0.29) is 11.4 Å². The second-order valence-corrected chi connectivity index (χ2v) is 4.69. The molecule has 1 aromatic rings. The van der Waals surface area contributed by atoms with Gasteiger partial charge in [-0.2, -0.15) is 13.2 Å². The summed E-state index contributed by atoms with van der Waals surface area (Å²) in [6.45, 7) is 2.24. The van der Waals surface area contributed by atoms with Crippen LogP contribution in [0.5, 0.6) is 0 Å². The summed E-state index contributed by atoms with van der Waals surface area (Å²) in [5, 5.41) is 2.97. The molecule has 0 spiro atoms. The van der Waals surface area contributed by atoms with Crippen molar-refractivity contribution in [3.8, 4) is 0 Å². The molecule has 1 rings (SSSR count). The molecule has 0 bridgehead atoms. The van der Waals surface area contributed by atoms with Gasteiger partial charge in [0, 0.05) is 24.2 Å². The summed E-state index contributed by atoms with van der Waals surface area (Å²) in [6.07, 6.45) is -4.31. The van der Waals surface area contributed by atoms with Gasteiger partial charge in [0.1, 0.15) is 10.8 Å². The number of nitrogens with zero attached hydrogens (tertiary/aromatic N) is 1. The van der Waals surface area contributed by atoms with Crippen molar-refractivity contribution in [2.24, 2.45) is 5.73 Å². The largest absolute Gasteiger partial charge is 0.389 e. The maximum Gasteiger partial charge on any atom is 0.389 e. The molecule has 3 N–H and O–H groups in total. The van der Waals surface area contributed by atoms with Gasteiger partial charge in [0.25, 0.3) is 0 Å². The predicted octanol–water partition coefficient (Wildman–Crippen LogP) is 3.17. The maximum absolute atomic E-state index is 11.9. The molecule has 0 atom stereocenters. The van der Waals surface area contributed by atoms with Crippen LogP contribution in [0.4, 0.5) is 19.0 Å². The average Bonchev–Trinajstić information content (AvgIpc) is 2.26. The van der Waals surface area contributed by atoms with Crippen LogP contribution in [0.25, 0.3) is 0 Å². The van der Waals surface area contributed by atoms with Crippen molar-refractivity contribution in [1.29, 1.82) is 0 Å². The zero-order chi connectivity index (χ0) is 14.5. The van der Waals surface area contributed by atoms with E-state index < -0.39 is 12.6 Å². The smallest absolute Gasteiger partial charge is 0.389 e. The van der Waals surface area contributed by atoms with E-state index >= 15 is 0 Å². The van der Waals surface area contributed by atoms with Gasteiger partial charge < -0.3 is 11.1 Å². The highest BCUT2D eigenvalue weighted by atomic mass is 32.1. The van der Waals surface area contributed by atoms with Gasteiger partial charge in [0.2, 0.25) is 0 Å². The number of aryl methyl sites for hydroxylation is 1. The molecule has 0 aliphatic heterocycles. The van der Waals surface area contributed by atoms with Crippen LogP contribution in [-0.4, -0.2) is 22.7 Å². The number of thiocarbonyl (C=S) groups is 1. The predicted molar refractivity (Wildman–Crippen MR) is 73.3 cm³/mol. The lowest BCUT2D eigenvalue weighted by Crippen LogP contribution is -2.12. The first-order chi connectivity index (χ1) is 8.78. The fourth-order valence-corrected chi connectivity index (χ4v) is 1.69. The highest BCUT2D eigenvalue weighted by Gasteiger charge is 2.25. The number of hydrogen-bond acceptors (Lipinski definition) is 3. The Bertz CT molecular complexity index is 446. The van der Waals surface area contributed by atoms with Crippen molar-refractivity contribution in [2.75, 3.05) is 11.9 Å². The molecule has 0 saturated heterocycles. The summed E-state index contributed by atoms with van der Waals surface area (Å²) in [7, 11) is 0. The molecule has 0 amide bonds. The fraction of sp³-hybridized carbons (Fsp3) is 0.500. The fourth-order valence-electron chi connectivity index (χ4n) is 1.57. The number of alkyl halides is 3. The van der Waals surface area contributed by atoms with Crippen LogP contribution in [0, 0.1) is 6.92 Å². The monoisotopic (exact) mass is 291 g/mol. The molecule has 0 aromatic carbocycles. The van der Waals surface area contributed by atoms with Gasteiger partial charge in [-0.15, -0.1) is 0 Å². The molecule has 19 heavy (non-hydrogen) atoms. The van der Waals surface area contributed by atoms with Gasteiger partial charge in [0.05, 0.1) is 0 Å². The van der Waals surface area contributed by atoms with Gasteiger partial charge in [-0.05, 0) is 31.9 Å². The molecule has 1 heterocycles. The number of aromatic nitrogens is 1. The summed E-state index contributed by atoms with van der Waals surface area (Å²) in [6, 6.07) is 3.45. The first-order valence-electron chi connectivity index (χ1n) is 5.87. The number of nitrogens with one attached hydrogen (secondary N) is 1. The highest BCUT2D eigenvalue weighted by Crippen LogP contribution is 2.22. The Morgan fingerprint density at radius 3 is 2.63 bits per heavy atom. The Morgan fingerprint density at radius 1 is 1.37 bits per heavy atom. The maximum atomic E-state index is 11.9. The van der Waals surface area contributed by atoms with E-state index in [0.717, 1.165) is 5.69 Å². The summed E-state index contributed by atoms with van der Waals surface area (Å²) in [4.78, 5) is 4.48. The third-order valence-electron chi connectivity index (χ3n) is 2.43. The van der Waals surface area contributed by atoms with Crippen LogP contribution in [-0.2, 0) is 0 Å². The van der Waals surface area contributed by atoms with Gasteiger partial charge in [-0.3, -0.25) is 0 Å². The second kappa shape index (κ2) is 6.70. The molecule has 0 saturated carbocycles. The Hall–Kier alpha value is -1.37. The van der Waals surface area contributed by atoms with E-state index in [2.05, 4.69) is 10.3 Å². The van der Waals surface area contributed by atoms with Crippen LogP contribution >= 0.6 is 12.2 Å². The third kappa shape index (κ3) is 6.37. The number of unbranched alkanes of at least 4 members (excludes halogenated alkanes) is 1. The minimum absolute atomic E-state index is 0.102. The van der Waals surface area contributed by atoms with Gasteiger partial charge in [-0.1, -0.05) is 12.2 Å². The van der Waals surface area contributed by atoms with E-state index in [1.165, 1.54) is 0 Å². The van der Waals surface area contributed by atoms with Crippen LogP contribution in [0.15, 0.2) is 12.1 Å². The number of anilines is 1. The summed E-state index contributed by atoms with van der Waals surface area (Å²) < 4.78 is 35.8. The quantitative estimate of drug-likeness (QED) is 0.624.